The first-order chi connectivity index (χ1) is 11.5. The summed E-state index contributed by atoms with van der Waals surface area (Å²) in [6.07, 6.45) is 0. The van der Waals surface area contributed by atoms with Crippen LogP contribution in [-0.2, 0) is 11.3 Å². The number of carbonyl (C=O) groups excluding carboxylic acids is 1. The van der Waals surface area contributed by atoms with E-state index in [1.807, 2.05) is 24.3 Å². The van der Waals surface area contributed by atoms with Crippen LogP contribution in [0.2, 0.25) is 0 Å². The average Bonchev–Trinajstić information content (AvgIpc) is 2.57. The molecule has 5 nitrogen and oxygen atoms in total. The van der Waals surface area contributed by atoms with E-state index in [-0.39, 0.29) is 18.1 Å². The summed E-state index contributed by atoms with van der Waals surface area (Å²) < 4.78 is 5.52. The monoisotopic (exact) mass is 325 g/mol. The molecule has 1 aliphatic heterocycles. The summed E-state index contributed by atoms with van der Waals surface area (Å²) in [5.41, 5.74) is 2.84. The number of nitrogens with zero attached hydrogens (tertiary/aromatic N) is 1. The van der Waals surface area contributed by atoms with Gasteiger partial charge in [0.05, 0.1) is 17.8 Å². The summed E-state index contributed by atoms with van der Waals surface area (Å²) >= 11 is 0. The molecular formula is C19H19NO4. The predicted molar refractivity (Wildman–Crippen MR) is 90.6 cm³/mol. The molecule has 2 aromatic rings. The van der Waals surface area contributed by atoms with Crippen LogP contribution in [-0.4, -0.2) is 23.6 Å². The summed E-state index contributed by atoms with van der Waals surface area (Å²) in [6, 6.07) is 12.5. The van der Waals surface area contributed by atoms with E-state index in [1.54, 1.807) is 17.0 Å². The van der Waals surface area contributed by atoms with Gasteiger partial charge in [0.25, 0.3) is 5.91 Å². The fourth-order valence-corrected chi connectivity index (χ4v) is 2.74. The van der Waals surface area contributed by atoms with E-state index >= 15 is 0 Å². The van der Waals surface area contributed by atoms with Gasteiger partial charge in [0, 0.05) is 0 Å². The Bertz CT molecular complexity index is 798. The van der Waals surface area contributed by atoms with Crippen LogP contribution in [0.5, 0.6) is 5.75 Å². The average molecular weight is 325 g/mol. The minimum Gasteiger partial charge on any atom is -0.482 e. The molecule has 0 saturated heterocycles. The zero-order chi connectivity index (χ0) is 17.3. The molecule has 5 heteroatoms. The number of hydrogen-bond donors (Lipinski definition) is 1. The van der Waals surface area contributed by atoms with E-state index in [9.17, 15) is 9.59 Å². The Balaban J connectivity index is 1.96. The van der Waals surface area contributed by atoms with Crippen molar-refractivity contribution >= 4 is 17.6 Å². The molecule has 1 amide bonds. The topological polar surface area (TPSA) is 66.8 Å². The number of carboxylic acids is 1. The molecule has 0 unspecified atom stereocenters. The van der Waals surface area contributed by atoms with Crippen LogP contribution in [0.25, 0.3) is 0 Å². The molecule has 0 radical (unpaired) electrons. The van der Waals surface area contributed by atoms with Crippen molar-refractivity contribution in [2.75, 3.05) is 11.5 Å². The molecule has 0 fully saturated rings. The highest BCUT2D eigenvalue weighted by atomic mass is 16.5. The molecule has 2 aromatic carbocycles. The number of fused-ring (bicyclic) bond motifs is 1. The number of anilines is 1. The number of carboxylic acid groups (broad SMARTS) is 1. The molecule has 3 rings (SSSR count). The van der Waals surface area contributed by atoms with Gasteiger partial charge in [0.2, 0.25) is 0 Å². The first kappa shape index (κ1) is 16.1. The van der Waals surface area contributed by atoms with E-state index < -0.39 is 5.97 Å². The zero-order valence-corrected chi connectivity index (χ0v) is 13.7. The largest absolute Gasteiger partial charge is 0.482 e. The second-order valence-electron chi connectivity index (χ2n) is 6.16. The molecule has 0 spiro atoms. The lowest BCUT2D eigenvalue weighted by molar-refractivity contribution is -0.121. The lowest BCUT2D eigenvalue weighted by Crippen LogP contribution is -2.38. The molecule has 0 aromatic heterocycles. The normalized spacial score (nSPS) is 13.6. The van der Waals surface area contributed by atoms with Crippen molar-refractivity contribution in [1.29, 1.82) is 0 Å². The molecule has 1 heterocycles. The second kappa shape index (κ2) is 6.35. The van der Waals surface area contributed by atoms with Gasteiger partial charge in [-0.15, -0.1) is 0 Å². The minimum absolute atomic E-state index is 0.00730. The van der Waals surface area contributed by atoms with Gasteiger partial charge in [0.15, 0.2) is 6.61 Å². The molecule has 1 N–H and O–H groups in total. The first-order valence-electron chi connectivity index (χ1n) is 7.85. The molecule has 124 valence electrons. The number of ether oxygens (including phenoxy) is 1. The molecular weight excluding hydrogens is 306 g/mol. The van der Waals surface area contributed by atoms with Gasteiger partial charge >= 0.3 is 5.97 Å². The van der Waals surface area contributed by atoms with Crippen molar-refractivity contribution in [3.63, 3.8) is 0 Å². The predicted octanol–water partition coefficient (Wildman–Crippen LogP) is 3.43. The number of rotatable bonds is 4. The minimum atomic E-state index is -0.979. The van der Waals surface area contributed by atoms with Crippen molar-refractivity contribution in [1.82, 2.24) is 0 Å². The Morgan fingerprint density at radius 3 is 2.75 bits per heavy atom. The van der Waals surface area contributed by atoms with Gasteiger partial charge in [-0.3, -0.25) is 4.79 Å². The van der Waals surface area contributed by atoms with E-state index in [4.69, 9.17) is 9.84 Å². The van der Waals surface area contributed by atoms with Gasteiger partial charge in [-0.2, -0.15) is 0 Å². The van der Waals surface area contributed by atoms with Crippen molar-refractivity contribution in [2.24, 2.45) is 0 Å². The maximum Gasteiger partial charge on any atom is 0.335 e. The number of aromatic carboxylic acids is 1. The van der Waals surface area contributed by atoms with Crippen LogP contribution in [0.15, 0.2) is 42.5 Å². The SMILES string of the molecule is CC(C)c1ccc2c(c1)N(Cc1cccc(C(=O)O)c1)C(=O)CO2. The highest BCUT2D eigenvalue weighted by Gasteiger charge is 2.26. The third-order valence-electron chi connectivity index (χ3n) is 4.11. The van der Waals surface area contributed by atoms with Crippen molar-refractivity contribution in [2.45, 2.75) is 26.3 Å². The fourth-order valence-electron chi connectivity index (χ4n) is 2.74. The Morgan fingerprint density at radius 1 is 1.25 bits per heavy atom. The number of benzene rings is 2. The second-order valence-corrected chi connectivity index (χ2v) is 6.16. The van der Waals surface area contributed by atoms with E-state index in [0.29, 0.717) is 18.2 Å². The van der Waals surface area contributed by atoms with Crippen LogP contribution in [0, 0.1) is 0 Å². The van der Waals surface area contributed by atoms with E-state index in [2.05, 4.69) is 13.8 Å². The molecule has 0 saturated carbocycles. The smallest absolute Gasteiger partial charge is 0.335 e. The summed E-state index contributed by atoms with van der Waals surface area (Å²) in [6.45, 7) is 4.49. The van der Waals surface area contributed by atoms with Crippen molar-refractivity contribution < 1.29 is 19.4 Å². The van der Waals surface area contributed by atoms with Crippen LogP contribution < -0.4 is 9.64 Å². The Morgan fingerprint density at radius 2 is 2.04 bits per heavy atom. The lowest BCUT2D eigenvalue weighted by atomic mass is 10.0. The maximum absolute atomic E-state index is 12.3. The standard InChI is InChI=1S/C19H19NO4/c1-12(2)14-6-7-17-16(9-14)20(18(21)11-24-17)10-13-4-3-5-15(8-13)19(22)23/h3-9,12H,10-11H2,1-2H3,(H,22,23). The van der Waals surface area contributed by atoms with Gasteiger partial charge in [-0.05, 0) is 41.3 Å². The van der Waals surface area contributed by atoms with Crippen molar-refractivity contribution in [3.05, 3.63) is 59.2 Å². The van der Waals surface area contributed by atoms with Gasteiger partial charge in [-0.1, -0.05) is 32.0 Å². The summed E-state index contributed by atoms with van der Waals surface area (Å²) in [7, 11) is 0. The van der Waals surface area contributed by atoms with Crippen LogP contribution in [0.4, 0.5) is 5.69 Å². The van der Waals surface area contributed by atoms with Crippen molar-refractivity contribution in [3.8, 4) is 5.75 Å². The summed E-state index contributed by atoms with van der Waals surface area (Å²) in [4.78, 5) is 25.1. The fraction of sp³-hybridized carbons (Fsp3) is 0.263. The molecule has 24 heavy (non-hydrogen) atoms. The summed E-state index contributed by atoms with van der Waals surface area (Å²) in [5, 5.41) is 9.12. The third-order valence-corrected chi connectivity index (χ3v) is 4.11. The third kappa shape index (κ3) is 3.11. The lowest BCUT2D eigenvalue weighted by Gasteiger charge is -2.30. The molecule has 0 aliphatic carbocycles. The zero-order valence-electron chi connectivity index (χ0n) is 13.7. The molecule has 0 bridgehead atoms. The quantitative estimate of drug-likeness (QED) is 0.935. The van der Waals surface area contributed by atoms with Crippen LogP contribution in [0.3, 0.4) is 0 Å². The Hall–Kier alpha value is -2.82. The van der Waals surface area contributed by atoms with Crippen LogP contribution in [0.1, 0.15) is 41.3 Å². The number of carbonyl (C=O) groups is 2. The van der Waals surface area contributed by atoms with Gasteiger partial charge in [-0.25, -0.2) is 4.79 Å². The van der Waals surface area contributed by atoms with E-state index in [0.717, 1.165) is 16.8 Å². The highest BCUT2D eigenvalue weighted by Crippen LogP contribution is 2.35. The van der Waals surface area contributed by atoms with Crippen LogP contribution >= 0.6 is 0 Å². The molecule has 1 aliphatic rings. The number of hydrogen-bond acceptors (Lipinski definition) is 3. The highest BCUT2D eigenvalue weighted by molar-refractivity contribution is 5.98. The van der Waals surface area contributed by atoms with Gasteiger partial charge in [0.1, 0.15) is 5.75 Å². The maximum atomic E-state index is 12.3. The Kier molecular flexibility index (Phi) is 4.25. The number of amides is 1. The Labute approximate surface area is 140 Å². The summed E-state index contributed by atoms with van der Waals surface area (Å²) in [5.74, 6) is -0.102. The van der Waals surface area contributed by atoms with E-state index in [1.165, 1.54) is 6.07 Å². The molecule has 0 atom stereocenters. The first-order valence-corrected chi connectivity index (χ1v) is 7.85. The van der Waals surface area contributed by atoms with Gasteiger partial charge < -0.3 is 14.7 Å².